The van der Waals surface area contributed by atoms with Crippen molar-refractivity contribution in [2.45, 2.75) is 24.6 Å². The van der Waals surface area contributed by atoms with E-state index in [4.69, 9.17) is 14.6 Å². The molecule has 9 nitrogen and oxygen atoms in total. The van der Waals surface area contributed by atoms with E-state index in [0.29, 0.717) is 25.4 Å². The molecular weight excluding hydrogens is 431 g/mol. The van der Waals surface area contributed by atoms with Crippen LogP contribution in [0, 0.1) is 0 Å². The van der Waals surface area contributed by atoms with Gasteiger partial charge in [0.25, 0.3) is 5.91 Å². The first-order valence-electron chi connectivity index (χ1n) is 9.86. The van der Waals surface area contributed by atoms with E-state index in [2.05, 4.69) is 19.9 Å². The van der Waals surface area contributed by atoms with Gasteiger partial charge in [0.2, 0.25) is 0 Å². The van der Waals surface area contributed by atoms with Gasteiger partial charge in [0, 0.05) is 38.2 Å². The van der Waals surface area contributed by atoms with E-state index in [-0.39, 0.29) is 11.5 Å². The van der Waals surface area contributed by atoms with E-state index in [0.717, 1.165) is 31.7 Å². The van der Waals surface area contributed by atoms with Crippen LogP contribution in [-0.2, 0) is 9.53 Å². The van der Waals surface area contributed by atoms with Crippen molar-refractivity contribution in [1.29, 1.82) is 0 Å². The number of amides is 1. The van der Waals surface area contributed by atoms with Gasteiger partial charge < -0.3 is 19.6 Å². The van der Waals surface area contributed by atoms with Crippen molar-refractivity contribution in [1.82, 2.24) is 19.9 Å². The zero-order valence-corrected chi connectivity index (χ0v) is 17.0. The number of pyridine rings is 1. The molecule has 0 aromatic carbocycles. The number of anilines is 1. The smallest absolute Gasteiger partial charge is 0.475 e. The number of morpholine rings is 1. The molecular formula is C20H22F3N5O4. The summed E-state index contributed by atoms with van der Waals surface area (Å²) in [5.74, 6) is -1.82. The minimum absolute atomic E-state index is 0.0667. The first-order chi connectivity index (χ1) is 15.2. The van der Waals surface area contributed by atoms with Gasteiger partial charge in [-0.1, -0.05) is 6.07 Å². The van der Waals surface area contributed by atoms with E-state index < -0.39 is 12.1 Å². The molecule has 0 atom stereocenters. The van der Waals surface area contributed by atoms with E-state index in [1.165, 1.54) is 6.20 Å². The third-order valence-electron chi connectivity index (χ3n) is 5.21. The zero-order chi connectivity index (χ0) is 23.2. The molecule has 12 heteroatoms. The minimum Gasteiger partial charge on any atom is -0.475 e. The van der Waals surface area contributed by atoms with Crippen molar-refractivity contribution >= 4 is 17.7 Å². The van der Waals surface area contributed by atoms with Gasteiger partial charge in [0.1, 0.15) is 11.5 Å². The van der Waals surface area contributed by atoms with Crippen molar-refractivity contribution in [3.63, 3.8) is 0 Å². The highest BCUT2D eigenvalue weighted by atomic mass is 19.4. The quantitative estimate of drug-likeness (QED) is 0.736. The second-order valence-corrected chi connectivity index (χ2v) is 7.33. The number of ether oxygens (including phenoxy) is 1. The molecule has 2 saturated heterocycles. The summed E-state index contributed by atoms with van der Waals surface area (Å²) in [6.45, 7) is 3.53. The van der Waals surface area contributed by atoms with Crippen molar-refractivity contribution in [3.8, 4) is 0 Å². The van der Waals surface area contributed by atoms with Crippen LogP contribution in [0.2, 0.25) is 0 Å². The Bertz CT molecular complexity index is 906. The van der Waals surface area contributed by atoms with Gasteiger partial charge in [-0.2, -0.15) is 13.2 Å². The number of carbonyl (C=O) groups excluding carboxylic acids is 1. The van der Waals surface area contributed by atoms with Crippen LogP contribution in [0.15, 0.2) is 43.0 Å². The van der Waals surface area contributed by atoms with Gasteiger partial charge in [0.15, 0.2) is 0 Å². The fraction of sp³-hybridized carbons (Fsp3) is 0.450. The molecule has 4 rings (SSSR count). The largest absolute Gasteiger partial charge is 0.490 e. The lowest BCUT2D eigenvalue weighted by molar-refractivity contribution is -0.192. The van der Waals surface area contributed by atoms with Gasteiger partial charge in [-0.3, -0.25) is 9.78 Å². The molecule has 2 fully saturated rings. The minimum atomic E-state index is -5.08. The number of hydrogen-bond acceptors (Lipinski definition) is 7. The predicted octanol–water partition coefficient (Wildman–Crippen LogP) is 2.02. The highest BCUT2D eigenvalue weighted by Crippen LogP contribution is 2.32. The number of carboxylic acids is 1. The first-order valence-corrected chi connectivity index (χ1v) is 9.86. The fourth-order valence-corrected chi connectivity index (χ4v) is 3.58. The molecule has 1 spiro atoms. The van der Waals surface area contributed by atoms with Crippen molar-refractivity contribution in [3.05, 3.63) is 48.7 Å². The number of carbonyl (C=O) groups is 2. The van der Waals surface area contributed by atoms with E-state index in [1.54, 1.807) is 12.4 Å². The molecule has 0 unspecified atom stereocenters. The number of nitrogens with zero attached hydrogens (tertiary/aromatic N) is 5. The van der Waals surface area contributed by atoms with Gasteiger partial charge in [-0.25, -0.2) is 14.8 Å². The Kier molecular flexibility index (Phi) is 7.23. The molecule has 2 aliphatic rings. The lowest BCUT2D eigenvalue weighted by Gasteiger charge is -2.47. The number of aromatic nitrogens is 3. The SMILES string of the molecule is O=C(O)C(F)(F)F.O=C(c1cnccn1)N1CCOC2(CCN(c3ccccn3)CC2)C1. The van der Waals surface area contributed by atoms with Crippen LogP contribution in [0.1, 0.15) is 23.3 Å². The number of hydrogen-bond donors (Lipinski definition) is 1. The fourth-order valence-electron chi connectivity index (χ4n) is 3.58. The molecule has 0 aliphatic carbocycles. The molecule has 0 saturated carbocycles. The molecule has 1 N–H and O–H groups in total. The second kappa shape index (κ2) is 9.90. The van der Waals surface area contributed by atoms with E-state index in [9.17, 15) is 18.0 Å². The first kappa shape index (κ1) is 23.4. The zero-order valence-electron chi connectivity index (χ0n) is 17.0. The van der Waals surface area contributed by atoms with Gasteiger partial charge in [-0.05, 0) is 25.0 Å². The number of aliphatic carboxylic acids is 1. The number of carboxylic acid groups (broad SMARTS) is 1. The van der Waals surface area contributed by atoms with Crippen LogP contribution in [0.3, 0.4) is 0 Å². The molecule has 2 aliphatic heterocycles. The van der Waals surface area contributed by atoms with Gasteiger partial charge in [0.05, 0.1) is 24.9 Å². The summed E-state index contributed by atoms with van der Waals surface area (Å²) in [5.41, 5.74) is 0.131. The standard InChI is InChI=1S/C18H21N5O2.C2HF3O2/c24-17(15-13-19-7-8-20-15)23-11-12-25-18(14-23)4-9-22(10-5-18)16-3-1-2-6-21-16;3-2(4,5)1(6)7/h1-3,6-8,13H,4-5,9-12,14H2;(H,6,7). The van der Waals surface area contributed by atoms with Crippen molar-refractivity contribution < 1.29 is 32.6 Å². The molecule has 32 heavy (non-hydrogen) atoms. The molecule has 172 valence electrons. The average Bonchev–Trinajstić information content (AvgIpc) is 2.80. The lowest BCUT2D eigenvalue weighted by Crippen LogP contribution is -2.58. The molecule has 2 aromatic rings. The topological polar surface area (TPSA) is 109 Å². The van der Waals surface area contributed by atoms with E-state index in [1.807, 2.05) is 29.3 Å². The van der Waals surface area contributed by atoms with Crippen LogP contribution >= 0.6 is 0 Å². The number of alkyl halides is 3. The Morgan fingerprint density at radius 3 is 2.34 bits per heavy atom. The van der Waals surface area contributed by atoms with Crippen LogP contribution in [0.4, 0.5) is 19.0 Å². The van der Waals surface area contributed by atoms with Crippen LogP contribution < -0.4 is 4.90 Å². The molecule has 1 amide bonds. The molecule has 2 aromatic heterocycles. The Balaban J connectivity index is 0.000000360. The maximum absolute atomic E-state index is 12.7. The Morgan fingerprint density at radius 1 is 1.06 bits per heavy atom. The van der Waals surface area contributed by atoms with Crippen LogP contribution in [0.25, 0.3) is 0 Å². The number of piperidine rings is 1. The third kappa shape index (κ3) is 5.90. The predicted molar refractivity (Wildman–Crippen MR) is 106 cm³/mol. The van der Waals surface area contributed by atoms with Gasteiger partial charge in [-0.15, -0.1) is 0 Å². The summed E-state index contributed by atoms with van der Waals surface area (Å²) in [6, 6.07) is 5.96. The number of halogens is 3. The maximum Gasteiger partial charge on any atom is 0.490 e. The van der Waals surface area contributed by atoms with Crippen molar-refractivity contribution in [2.24, 2.45) is 0 Å². The van der Waals surface area contributed by atoms with Gasteiger partial charge >= 0.3 is 12.1 Å². The summed E-state index contributed by atoms with van der Waals surface area (Å²) in [6.07, 6.45) is 3.15. The van der Waals surface area contributed by atoms with Crippen LogP contribution in [0.5, 0.6) is 0 Å². The van der Waals surface area contributed by atoms with Crippen molar-refractivity contribution in [2.75, 3.05) is 37.7 Å². The Labute approximate surface area is 181 Å². The summed E-state index contributed by atoms with van der Waals surface area (Å²) >= 11 is 0. The lowest BCUT2D eigenvalue weighted by atomic mass is 9.89. The highest BCUT2D eigenvalue weighted by molar-refractivity contribution is 5.92. The van der Waals surface area contributed by atoms with E-state index >= 15 is 0 Å². The molecule has 0 bridgehead atoms. The monoisotopic (exact) mass is 453 g/mol. The summed E-state index contributed by atoms with van der Waals surface area (Å²) in [7, 11) is 0. The third-order valence-corrected chi connectivity index (χ3v) is 5.21. The number of rotatable bonds is 2. The highest BCUT2D eigenvalue weighted by Gasteiger charge is 2.41. The van der Waals surface area contributed by atoms with Crippen LogP contribution in [-0.4, -0.2) is 81.4 Å². The molecule has 0 radical (unpaired) electrons. The second-order valence-electron chi connectivity index (χ2n) is 7.33. The Hall–Kier alpha value is -3.28. The summed E-state index contributed by atoms with van der Waals surface area (Å²) in [4.78, 5) is 38.2. The Morgan fingerprint density at radius 2 is 1.78 bits per heavy atom. The normalized spacial score (nSPS) is 18.0. The summed E-state index contributed by atoms with van der Waals surface area (Å²) < 4.78 is 37.9. The average molecular weight is 453 g/mol. The molecule has 4 heterocycles. The maximum atomic E-state index is 12.7. The summed E-state index contributed by atoms with van der Waals surface area (Å²) in [5, 5.41) is 7.12.